The van der Waals surface area contributed by atoms with Gasteiger partial charge in [-0.25, -0.2) is 9.97 Å². The number of nitrogen functional groups attached to an aromatic ring is 1. The highest BCUT2D eigenvalue weighted by atomic mass is 19.4. The molecule has 0 fully saturated rings. The molecule has 0 unspecified atom stereocenters. The molecule has 9 heteroatoms. The van der Waals surface area contributed by atoms with E-state index in [0.717, 1.165) is 6.42 Å². The highest BCUT2D eigenvalue weighted by Crippen LogP contribution is 2.28. The van der Waals surface area contributed by atoms with Gasteiger partial charge in [-0.15, -0.1) is 13.2 Å². The summed E-state index contributed by atoms with van der Waals surface area (Å²) in [5.74, 6) is 0.563. The molecule has 1 aromatic carbocycles. The molecule has 124 valence electrons. The van der Waals surface area contributed by atoms with E-state index in [1.54, 1.807) is 0 Å². The summed E-state index contributed by atoms with van der Waals surface area (Å²) >= 11 is 0. The van der Waals surface area contributed by atoms with Gasteiger partial charge in [0.25, 0.3) is 0 Å². The molecule has 0 spiro atoms. The maximum atomic E-state index is 12.1. The Kier molecular flexibility index (Phi) is 5.09. The van der Waals surface area contributed by atoms with Crippen LogP contribution in [0.4, 0.5) is 36.2 Å². The number of anilines is 4. The molecule has 0 bridgehead atoms. The molecule has 2 rings (SSSR count). The Hall–Kier alpha value is -2.71. The number of ether oxygens (including phenoxy) is 1. The van der Waals surface area contributed by atoms with Crippen LogP contribution in [0.15, 0.2) is 30.6 Å². The lowest BCUT2D eigenvalue weighted by Gasteiger charge is -2.13. The van der Waals surface area contributed by atoms with E-state index in [9.17, 15) is 13.2 Å². The molecular formula is C14H16F3N5O. The zero-order chi connectivity index (χ0) is 16.9. The van der Waals surface area contributed by atoms with E-state index in [2.05, 4.69) is 25.3 Å². The number of benzene rings is 1. The first kappa shape index (κ1) is 16.7. The fraction of sp³-hybridized carbons (Fsp3) is 0.286. The largest absolute Gasteiger partial charge is 0.573 e. The quantitative estimate of drug-likeness (QED) is 0.753. The van der Waals surface area contributed by atoms with E-state index in [0.29, 0.717) is 29.6 Å². The summed E-state index contributed by atoms with van der Waals surface area (Å²) < 4.78 is 40.1. The lowest BCUT2D eigenvalue weighted by Crippen LogP contribution is -2.17. The molecule has 0 aliphatic rings. The van der Waals surface area contributed by atoms with Crippen LogP contribution in [0.25, 0.3) is 0 Å². The topological polar surface area (TPSA) is 85.1 Å². The van der Waals surface area contributed by atoms with Crippen LogP contribution in [0.5, 0.6) is 5.75 Å². The van der Waals surface area contributed by atoms with Crippen molar-refractivity contribution in [2.24, 2.45) is 0 Å². The van der Waals surface area contributed by atoms with E-state index in [1.807, 2.05) is 6.92 Å². The van der Waals surface area contributed by atoms with Gasteiger partial charge >= 0.3 is 6.36 Å². The molecule has 1 heterocycles. The van der Waals surface area contributed by atoms with Crippen molar-refractivity contribution < 1.29 is 17.9 Å². The fourth-order valence-electron chi connectivity index (χ4n) is 1.76. The second-order valence-electron chi connectivity index (χ2n) is 4.61. The van der Waals surface area contributed by atoms with Gasteiger partial charge in [0.05, 0.1) is 0 Å². The van der Waals surface area contributed by atoms with Crippen LogP contribution in [0.1, 0.15) is 13.3 Å². The van der Waals surface area contributed by atoms with Crippen molar-refractivity contribution in [1.82, 2.24) is 9.97 Å². The summed E-state index contributed by atoms with van der Waals surface area (Å²) in [6, 6.07) is 5.26. The molecule has 6 nitrogen and oxygen atoms in total. The highest BCUT2D eigenvalue weighted by Gasteiger charge is 2.30. The number of hydrogen-bond donors (Lipinski definition) is 3. The monoisotopic (exact) mass is 327 g/mol. The van der Waals surface area contributed by atoms with Crippen molar-refractivity contribution in [2.75, 3.05) is 22.9 Å². The van der Waals surface area contributed by atoms with Crippen molar-refractivity contribution in [1.29, 1.82) is 0 Å². The summed E-state index contributed by atoms with van der Waals surface area (Å²) in [5.41, 5.74) is 6.81. The second-order valence-corrected chi connectivity index (χ2v) is 4.61. The first-order valence-corrected chi connectivity index (χ1v) is 6.86. The third-order valence-electron chi connectivity index (χ3n) is 2.78. The van der Waals surface area contributed by atoms with Crippen LogP contribution in [-0.4, -0.2) is 22.9 Å². The molecule has 2 aromatic rings. The number of rotatable bonds is 6. The lowest BCUT2D eigenvalue weighted by atomic mass is 10.3. The van der Waals surface area contributed by atoms with Crippen molar-refractivity contribution in [2.45, 2.75) is 19.7 Å². The van der Waals surface area contributed by atoms with Crippen LogP contribution < -0.4 is 21.1 Å². The molecule has 0 saturated heterocycles. The Bertz CT molecular complexity index is 646. The Morgan fingerprint density at radius 1 is 1.13 bits per heavy atom. The average molecular weight is 327 g/mol. The third-order valence-corrected chi connectivity index (χ3v) is 2.78. The highest BCUT2D eigenvalue weighted by molar-refractivity contribution is 5.77. The van der Waals surface area contributed by atoms with Gasteiger partial charge in [0, 0.05) is 12.2 Å². The Balaban J connectivity index is 2.10. The van der Waals surface area contributed by atoms with Crippen molar-refractivity contribution >= 4 is 23.0 Å². The Morgan fingerprint density at radius 3 is 2.39 bits per heavy atom. The summed E-state index contributed by atoms with van der Waals surface area (Å²) in [4.78, 5) is 8.07. The maximum Gasteiger partial charge on any atom is 0.573 e. The first-order valence-electron chi connectivity index (χ1n) is 6.86. The van der Waals surface area contributed by atoms with Crippen LogP contribution >= 0.6 is 0 Å². The van der Waals surface area contributed by atoms with Crippen LogP contribution in [0, 0.1) is 0 Å². The predicted octanol–water partition coefficient (Wildman–Crippen LogP) is 3.52. The van der Waals surface area contributed by atoms with E-state index in [-0.39, 0.29) is 5.75 Å². The number of nitrogens with zero attached hydrogens (tertiary/aromatic N) is 2. The molecule has 0 saturated carbocycles. The number of alkyl halides is 3. The van der Waals surface area contributed by atoms with Crippen LogP contribution in [-0.2, 0) is 0 Å². The SMILES string of the molecule is CCCNc1ncnc(Nc2ccc(OC(F)(F)F)cc2)c1N. The number of nitrogens with two attached hydrogens (primary N) is 1. The summed E-state index contributed by atoms with van der Waals surface area (Å²) in [7, 11) is 0. The predicted molar refractivity (Wildman–Crippen MR) is 81.6 cm³/mol. The van der Waals surface area contributed by atoms with E-state index in [4.69, 9.17) is 5.73 Å². The fourth-order valence-corrected chi connectivity index (χ4v) is 1.76. The standard InChI is InChI=1S/C14H16F3N5O/c1-2-7-19-12-11(18)13(21-8-20-12)22-9-3-5-10(6-4-9)23-14(15,16)17/h3-6,8H,2,7,18H2,1H3,(H2,19,20,21,22). The normalized spacial score (nSPS) is 11.1. The molecule has 1 aromatic heterocycles. The van der Waals surface area contributed by atoms with Crippen molar-refractivity contribution in [3.63, 3.8) is 0 Å². The van der Waals surface area contributed by atoms with Crippen LogP contribution in [0.3, 0.4) is 0 Å². The first-order chi connectivity index (χ1) is 10.9. The molecular weight excluding hydrogens is 311 g/mol. The van der Waals surface area contributed by atoms with Crippen molar-refractivity contribution in [3.8, 4) is 5.75 Å². The van der Waals surface area contributed by atoms with Gasteiger partial charge in [-0.2, -0.15) is 0 Å². The molecule has 0 aliphatic carbocycles. The zero-order valence-electron chi connectivity index (χ0n) is 12.3. The number of nitrogens with one attached hydrogen (secondary N) is 2. The minimum Gasteiger partial charge on any atom is -0.406 e. The minimum absolute atomic E-state index is 0.302. The summed E-state index contributed by atoms with van der Waals surface area (Å²) in [6.45, 7) is 2.72. The minimum atomic E-state index is -4.72. The number of aromatic nitrogens is 2. The molecule has 0 aliphatic heterocycles. The van der Waals surface area contributed by atoms with Gasteiger partial charge in [0.2, 0.25) is 0 Å². The van der Waals surface area contributed by atoms with E-state index < -0.39 is 6.36 Å². The second kappa shape index (κ2) is 7.03. The number of hydrogen-bond acceptors (Lipinski definition) is 6. The van der Waals surface area contributed by atoms with Gasteiger partial charge in [-0.1, -0.05) is 6.92 Å². The smallest absolute Gasteiger partial charge is 0.406 e. The summed E-state index contributed by atoms with van der Waals surface area (Å²) in [5, 5.41) is 5.99. The van der Waals surface area contributed by atoms with Gasteiger partial charge < -0.3 is 21.1 Å². The molecule has 0 amide bonds. The van der Waals surface area contributed by atoms with E-state index in [1.165, 1.54) is 30.6 Å². The summed E-state index contributed by atoms with van der Waals surface area (Å²) in [6.07, 6.45) is -2.46. The Labute approximate surface area is 130 Å². The van der Waals surface area contributed by atoms with Crippen LogP contribution in [0.2, 0.25) is 0 Å². The van der Waals surface area contributed by atoms with E-state index >= 15 is 0 Å². The van der Waals surface area contributed by atoms with Gasteiger partial charge in [-0.3, -0.25) is 0 Å². The molecule has 0 radical (unpaired) electrons. The van der Waals surface area contributed by atoms with Gasteiger partial charge in [0.1, 0.15) is 17.8 Å². The molecule has 4 N–H and O–H groups in total. The maximum absolute atomic E-state index is 12.1. The molecule has 0 atom stereocenters. The molecule has 23 heavy (non-hydrogen) atoms. The average Bonchev–Trinajstić information content (AvgIpc) is 2.48. The van der Waals surface area contributed by atoms with Gasteiger partial charge in [-0.05, 0) is 30.7 Å². The number of halogens is 3. The third kappa shape index (κ3) is 4.90. The van der Waals surface area contributed by atoms with Gasteiger partial charge in [0.15, 0.2) is 11.6 Å². The zero-order valence-corrected chi connectivity index (χ0v) is 12.3. The lowest BCUT2D eigenvalue weighted by molar-refractivity contribution is -0.274. The Morgan fingerprint density at radius 2 is 1.78 bits per heavy atom. The van der Waals surface area contributed by atoms with Crippen molar-refractivity contribution in [3.05, 3.63) is 30.6 Å².